The van der Waals surface area contributed by atoms with E-state index in [-0.39, 0.29) is 11.2 Å². The molecule has 0 aliphatic rings. The Labute approximate surface area is 141 Å². The smallest absolute Gasteiger partial charge is 0.237 e. The number of hydrogen-bond donors (Lipinski definition) is 1. The lowest BCUT2D eigenvalue weighted by Gasteiger charge is -2.16. The summed E-state index contributed by atoms with van der Waals surface area (Å²) in [6.45, 7) is 6.10. The van der Waals surface area contributed by atoms with Gasteiger partial charge in [-0.25, -0.2) is 0 Å². The summed E-state index contributed by atoms with van der Waals surface area (Å²) in [6.07, 6.45) is 0.768. The van der Waals surface area contributed by atoms with E-state index < -0.39 is 0 Å². The molecule has 1 amide bonds. The molecule has 2 nitrogen and oxygen atoms in total. The maximum absolute atomic E-state index is 12.5. The van der Waals surface area contributed by atoms with E-state index in [1.54, 1.807) is 11.8 Å². The van der Waals surface area contributed by atoms with Crippen LogP contribution in [0.25, 0.3) is 0 Å². The second-order valence-corrected chi connectivity index (χ2v) is 6.92. The van der Waals surface area contributed by atoms with E-state index in [1.807, 2.05) is 63.2 Å². The van der Waals surface area contributed by atoms with Crippen LogP contribution in [0.1, 0.15) is 24.5 Å². The number of rotatable bonds is 5. The Morgan fingerprint density at radius 3 is 2.50 bits per heavy atom. The fourth-order valence-corrected chi connectivity index (χ4v) is 3.18. The SMILES string of the molecule is CC[C@@H](Sc1ccc(Cl)cc1)C(=O)Nc1cccc(C)c1C. The molecular weight excluding hydrogens is 314 g/mol. The molecule has 2 aromatic rings. The Kier molecular flexibility index (Phi) is 5.92. The molecule has 1 N–H and O–H groups in total. The van der Waals surface area contributed by atoms with Crippen LogP contribution in [0.3, 0.4) is 0 Å². The maximum atomic E-state index is 12.5. The second kappa shape index (κ2) is 7.70. The van der Waals surface area contributed by atoms with Gasteiger partial charge in [0.05, 0.1) is 5.25 Å². The topological polar surface area (TPSA) is 29.1 Å². The van der Waals surface area contributed by atoms with E-state index in [0.29, 0.717) is 5.02 Å². The number of thioether (sulfide) groups is 1. The third kappa shape index (κ3) is 4.28. The van der Waals surface area contributed by atoms with Crippen LogP contribution < -0.4 is 5.32 Å². The molecule has 2 rings (SSSR count). The van der Waals surface area contributed by atoms with Crippen molar-refractivity contribution >= 4 is 35.0 Å². The van der Waals surface area contributed by atoms with E-state index >= 15 is 0 Å². The van der Waals surface area contributed by atoms with Crippen LogP contribution in [0.2, 0.25) is 5.02 Å². The molecule has 0 heterocycles. The van der Waals surface area contributed by atoms with E-state index in [4.69, 9.17) is 11.6 Å². The molecule has 2 aromatic carbocycles. The van der Waals surface area contributed by atoms with Gasteiger partial charge in [0.1, 0.15) is 0 Å². The first-order chi connectivity index (χ1) is 10.5. The van der Waals surface area contributed by atoms with Crippen molar-refractivity contribution in [3.8, 4) is 0 Å². The van der Waals surface area contributed by atoms with E-state index in [9.17, 15) is 4.79 Å². The van der Waals surface area contributed by atoms with Crippen LogP contribution in [0, 0.1) is 13.8 Å². The van der Waals surface area contributed by atoms with E-state index in [1.165, 1.54) is 5.56 Å². The van der Waals surface area contributed by atoms with Crippen LogP contribution in [0.4, 0.5) is 5.69 Å². The van der Waals surface area contributed by atoms with Crippen molar-refractivity contribution in [3.63, 3.8) is 0 Å². The van der Waals surface area contributed by atoms with Gasteiger partial charge in [-0.3, -0.25) is 4.79 Å². The van der Waals surface area contributed by atoms with Gasteiger partial charge in [0.15, 0.2) is 0 Å². The highest BCUT2D eigenvalue weighted by molar-refractivity contribution is 8.00. The lowest BCUT2D eigenvalue weighted by atomic mass is 10.1. The minimum atomic E-state index is -0.124. The summed E-state index contributed by atoms with van der Waals surface area (Å²) in [4.78, 5) is 13.6. The predicted molar refractivity (Wildman–Crippen MR) is 95.9 cm³/mol. The quantitative estimate of drug-likeness (QED) is 0.735. The molecule has 0 spiro atoms. The van der Waals surface area contributed by atoms with Crippen LogP contribution in [-0.4, -0.2) is 11.2 Å². The van der Waals surface area contributed by atoms with Gasteiger partial charge in [0.2, 0.25) is 5.91 Å². The number of halogens is 1. The van der Waals surface area contributed by atoms with Crippen LogP contribution in [0.15, 0.2) is 47.4 Å². The number of amides is 1. The van der Waals surface area contributed by atoms with Gasteiger partial charge < -0.3 is 5.32 Å². The molecule has 1 atom stereocenters. The molecule has 0 fully saturated rings. The van der Waals surface area contributed by atoms with Crippen LogP contribution in [-0.2, 0) is 4.79 Å². The third-order valence-corrected chi connectivity index (χ3v) is 5.25. The van der Waals surface area contributed by atoms with Gasteiger partial charge >= 0.3 is 0 Å². The Morgan fingerprint density at radius 2 is 1.86 bits per heavy atom. The molecule has 0 aromatic heterocycles. The summed E-state index contributed by atoms with van der Waals surface area (Å²) in [5.41, 5.74) is 3.18. The van der Waals surface area contributed by atoms with Crippen molar-refractivity contribution in [2.45, 2.75) is 37.3 Å². The standard InChI is InChI=1S/C18H20ClNOS/c1-4-17(22-15-10-8-14(19)9-11-15)18(21)20-16-7-5-6-12(2)13(16)3/h5-11,17H,4H2,1-3H3,(H,20,21)/t17-/m1/s1. The average molecular weight is 334 g/mol. The Balaban J connectivity index is 2.08. The average Bonchev–Trinajstić information content (AvgIpc) is 2.51. The van der Waals surface area contributed by atoms with Crippen molar-refractivity contribution in [2.75, 3.05) is 5.32 Å². The fourth-order valence-electron chi connectivity index (χ4n) is 2.10. The molecule has 4 heteroatoms. The summed E-state index contributed by atoms with van der Waals surface area (Å²) in [6, 6.07) is 13.5. The molecule has 0 bridgehead atoms. The zero-order valence-electron chi connectivity index (χ0n) is 13.0. The molecule has 0 aliphatic heterocycles. The van der Waals surface area contributed by atoms with Gasteiger partial charge in [0, 0.05) is 15.6 Å². The molecule has 0 saturated heterocycles. The Hall–Kier alpha value is -1.45. The zero-order valence-corrected chi connectivity index (χ0v) is 14.6. The monoisotopic (exact) mass is 333 g/mol. The lowest BCUT2D eigenvalue weighted by molar-refractivity contribution is -0.115. The first-order valence-electron chi connectivity index (χ1n) is 7.30. The largest absolute Gasteiger partial charge is 0.325 e. The molecule has 0 saturated carbocycles. The third-order valence-electron chi connectivity index (χ3n) is 3.62. The number of carbonyl (C=O) groups is 1. The number of nitrogens with one attached hydrogen (secondary N) is 1. The first kappa shape index (κ1) is 16.9. The summed E-state index contributed by atoms with van der Waals surface area (Å²) < 4.78 is 0. The minimum absolute atomic E-state index is 0.0381. The van der Waals surface area contributed by atoms with E-state index in [2.05, 4.69) is 5.32 Å². The number of anilines is 1. The van der Waals surface area contributed by atoms with Gasteiger partial charge in [-0.05, 0) is 61.7 Å². The summed E-state index contributed by atoms with van der Waals surface area (Å²) in [5.74, 6) is 0.0381. The predicted octanol–water partition coefficient (Wildman–Crippen LogP) is 5.47. The number of hydrogen-bond acceptors (Lipinski definition) is 2. The molecule has 22 heavy (non-hydrogen) atoms. The minimum Gasteiger partial charge on any atom is -0.325 e. The maximum Gasteiger partial charge on any atom is 0.237 e. The first-order valence-corrected chi connectivity index (χ1v) is 8.56. The lowest BCUT2D eigenvalue weighted by Crippen LogP contribution is -2.25. The summed E-state index contributed by atoms with van der Waals surface area (Å²) in [7, 11) is 0. The van der Waals surface area contributed by atoms with E-state index in [0.717, 1.165) is 22.6 Å². The Bertz CT molecular complexity index is 655. The van der Waals surface area contributed by atoms with Crippen LogP contribution >= 0.6 is 23.4 Å². The molecule has 0 radical (unpaired) electrons. The fraction of sp³-hybridized carbons (Fsp3) is 0.278. The Morgan fingerprint density at radius 1 is 1.18 bits per heavy atom. The highest BCUT2D eigenvalue weighted by Crippen LogP contribution is 2.28. The van der Waals surface area contributed by atoms with Crippen molar-refractivity contribution in [1.82, 2.24) is 0 Å². The number of carbonyl (C=O) groups excluding carboxylic acids is 1. The normalized spacial score (nSPS) is 12.0. The van der Waals surface area contributed by atoms with Gasteiger partial charge in [-0.1, -0.05) is 30.7 Å². The van der Waals surface area contributed by atoms with Crippen LogP contribution in [0.5, 0.6) is 0 Å². The molecular formula is C18H20ClNOS. The number of aryl methyl sites for hydroxylation is 1. The van der Waals surface area contributed by atoms with Gasteiger partial charge in [-0.15, -0.1) is 11.8 Å². The van der Waals surface area contributed by atoms with Crippen molar-refractivity contribution < 1.29 is 4.79 Å². The second-order valence-electron chi connectivity index (χ2n) is 5.21. The molecule has 0 aliphatic carbocycles. The van der Waals surface area contributed by atoms with Crippen molar-refractivity contribution in [2.24, 2.45) is 0 Å². The summed E-state index contributed by atoms with van der Waals surface area (Å²) in [5, 5.41) is 3.63. The number of benzene rings is 2. The zero-order chi connectivity index (χ0) is 16.1. The van der Waals surface area contributed by atoms with Crippen molar-refractivity contribution in [1.29, 1.82) is 0 Å². The van der Waals surface area contributed by atoms with Gasteiger partial charge in [0.25, 0.3) is 0 Å². The molecule has 0 unspecified atom stereocenters. The van der Waals surface area contributed by atoms with Crippen molar-refractivity contribution in [3.05, 3.63) is 58.6 Å². The highest BCUT2D eigenvalue weighted by Gasteiger charge is 2.18. The van der Waals surface area contributed by atoms with Gasteiger partial charge in [-0.2, -0.15) is 0 Å². The molecule has 116 valence electrons. The highest BCUT2D eigenvalue weighted by atomic mass is 35.5. The summed E-state index contributed by atoms with van der Waals surface area (Å²) >= 11 is 7.46.